The van der Waals surface area contributed by atoms with Gasteiger partial charge >= 0.3 is 0 Å². The van der Waals surface area contributed by atoms with Gasteiger partial charge < -0.3 is 25.2 Å². The van der Waals surface area contributed by atoms with Crippen LogP contribution in [0, 0.1) is 0 Å². The van der Waals surface area contributed by atoms with Crippen molar-refractivity contribution in [1.29, 1.82) is 0 Å². The average Bonchev–Trinajstić information content (AvgIpc) is 3.25. The minimum atomic E-state index is 0.489. The molecule has 0 radical (unpaired) electrons. The van der Waals surface area contributed by atoms with Crippen molar-refractivity contribution in [1.82, 2.24) is 24.6 Å². The topological polar surface area (TPSA) is 83.4 Å². The second-order valence-electron chi connectivity index (χ2n) is 9.05. The van der Waals surface area contributed by atoms with E-state index in [0.29, 0.717) is 11.9 Å². The fraction of sp³-hybridized carbons (Fsp3) is 0.346. The van der Waals surface area contributed by atoms with Crippen molar-refractivity contribution < 1.29 is 4.74 Å². The SMILES string of the molecule is CNc1cc(Nc2cc(-c3ccc4c(cnn4C)c3)ncn2)c(OC)cc1N1CCN(C)[C@@H](C)C1. The lowest BCUT2D eigenvalue weighted by molar-refractivity contribution is 0.234. The molecule has 0 unspecified atom stereocenters. The van der Waals surface area contributed by atoms with Gasteiger partial charge in [0.15, 0.2) is 0 Å². The number of benzene rings is 2. The number of hydrogen-bond donors (Lipinski definition) is 2. The molecular weight excluding hydrogens is 440 g/mol. The molecule has 1 saturated heterocycles. The maximum absolute atomic E-state index is 5.78. The zero-order chi connectivity index (χ0) is 24.5. The molecule has 1 atom stereocenters. The van der Waals surface area contributed by atoms with Crippen molar-refractivity contribution in [3.05, 3.63) is 48.9 Å². The smallest absolute Gasteiger partial charge is 0.144 e. The van der Waals surface area contributed by atoms with Gasteiger partial charge in [-0.15, -0.1) is 0 Å². The van der Waals surface area contributed by atoms with E-state index < -0.39 is 0 Å². The summed E-state index contributed by atoms with van der Waals surface area (Å²) >= 11 is 0. The molecule has 2 aromatic heterocycles. The monoisotopic (exact) mass is 472 g/mol. The first kappa shape index (κ1) is 22.9. The van der Waals surface area contributed by atoms with E-state index in [-0.39, 0.29) is 0 Å². The molecule has 4 aromatic rings. The molecule has 2 N–H and O–H groups in total. The third kappa shape index (κ3) is 4.46. The number of piperazine rings is 1. The van der Waals surface area contributed by atoms with Gasteiger partial charge in [0.25, 0.3) is 0 Å². The Hall–Kier alpha value is -3.85. The van der Waals surface area contributed by atoms with Crippen molar-refractivity contribution >= 4 is 33.8 Å². The number of methoxy groups -OCH3 is 1. The maximum Gasteiger partial charge on any atom is 0.144 e. The van der Waals surface area contributed by atoms with Gasteiger partial charge in [0.1, 0.15) is 17.9 Å². The first-order valence-electron chi connectivity index (χ1n) is 11.8. The Bertz CT molecular complexity index is 1350. The minimum absolute atomic E-state index is 0.489. The second kappa shape index (κ2) is 9.42. The summed E-state index contributed by atoms with van der Waals surface area (Å²) in [6.07, 6.45) is 3.45. The van der Waals surface area contributed by atoms with Crippen molar-refractivity contribution in [2.24, 2.45) is 7.05 Å². The van der Waals surface area contributed by atoms with Gasteiger partial charge in [-0.2, -0.15) is 5.10 Å². The number of aryl methyl sites for hydroxylation is 1. The Kier molecular flexibility index (Phi) is 6.17. The number of anilines is 4. The summed E-state index contributed by atoms with van der Waals surface area (Å²) in [5.41, 5.74) is 5.96. The van der Waals surface area contributed by atoms with Crippen LogP contribution in [0.4, 0.5) is 22.9 Å². The summed E-state index contributed by atoms with van der Waals surface area (Å²) in [5.74, 6) is 1.46. The highest BCUT2D eigenvalue weighted by atomic mass is 16.5. The number of fused-ring (bicyclic) bond motifs is 1. The van der Waals surface area contributed by atoms with E-state index in [4.69, 9.17) is 4.74 Å². The lowest BCUT2D eigenvalue weighted by Crippen LogP contribution is -2.50. The van der Waals surface area contributed by atoms with Gasteiger partial charge in [0.2, 0.25) is 0 Å². The molecule has 1 aliphatic heterocycles. The summed E-state index contributed by atoms with van der Waals surface area (Å²) in [5, 5.41) is 12.2. The largest absolute Gasteiger partial charge is 0.494 e. The number of aromatic nitrogens is 4. The van der Waals surface area contributed by atoms with Crippen LogP contribution in [0.1, 0.15) is 6.92 Å². The Labute approximate surface area is 205 Å². The summed E-state index contributed by atoms with van der Waals surface area (Å²) in [6.45, 7) is 5.23. The van der Waals surface area contributed by atoms with Crippen LogP contribution in [0.2, 0.25) is 0 Å². The Balaban J connectivity index is 1.44. The molecule has 2 aromatic carbocycles. The van der Waals surface area contributed by atoms with Crippen molar-refractivity contribution in [3.63, 3.8) is 0 Å². The van der Waals surface area contributed by atoms with E-state index in [1.165, 1.54) is 0 Å². The van der Waals surface area contributed by atoms with E-state index in [9.17, 15) is 0 Å². The number of hydrogen-bond acceptors (Lipinski definition) is 8. The fourth-order valence-corrected chi connectivity index (χ4v) is 4.61. The summed E-state index contributed by atoms with van der Waals surface area (Å²) < 4.78 is 7.65. The molecule has 3 heterocycles. The van der Waals surface area contributed by atoms with E-state index >= 15 is 0 Å². The highest BCUT2D eigenvalue weighted by Gasteiger charge is 2.24. The normalized spacial score (nSPS) is 16.5. The van der Waals surface area contributed by atoms with Gasteiger partial charge in [-0.1, -0.05) is 6.07 Å². The second-order valence-corrected chi connectivity index (χ2v) is 9.05. The van der Waals surface area contributed by atoms with E-state index in [0.717, 1.165) is 64.6 Å². The Morgan fingerprint density at radius 1 is 1.03 bits per heavy atom. The van der Waals surface area contributed by atoms with Crippen molar-refractivity contribution in [2.75, 3.05) is 56.4 Å². The van der Waals surface area contributed by atoms with E-state index in [1.54, 1.807) is 13.4 Å². The van der Waals surface area contributed by atoms with Crippen LogP contribution in [-0.4, -0.2) is 71.5 Å². The van der Waals surface area contributed by atoms with Gasteiger partial charge in [-0.3, -0.25) is 4.68 Å². The number of ether oxygens (including phenoxy) is 1. The van der Waals surface area contributed by atoms with Gasteiger partial charge in [-0.05, 0) is 32.2 Å². The van der Waals surface area contributed by atoms with Crippen molar-refractivity contribution in [3.8, 4) is 17.0 Å². The summed E-state index contributed by atoms with van der Waals surface area (Å²) in [6, 6.07) is 12.8. The van der Waals surface area contributed by atoms with Crippen molar-refractivity contribution in [2.45, 2.75) is 13.0 Å². The average molecular weight is 473 g/mol. The molecule has 5 rings (SSSR count). The molecule has 35 heavy (non-hydrogen) atoms. The minimum Gasteiger partial charge on any atom is -0.494 e. The molecule has 9 nitrogen and oxygen atoms in total. The zero-order valence-electron chi connectivity index (χ0n) is 20.9. The lowest BCUT2D eigenvalue weighted by atomic mass is 10.1. The van der Waals surface area contributed by atoms with Crippen LogP contribution in [0.5, 0.6) is 5.75 Å². The molecule has 0 amide bonds. The molecule has 1 aliphatic rings. The standard InChI is InChI=1S/C26H32N8O/c1-17-15-34(9-8-32(17)3)24-13-25(35-5)22(11-21(24)27-2)31-26-12-20(28-16-29-26)18-6-7-23-19(10-18)14-30-33(23)4/h6-7,10-14,16-17,27H,8-9,15H2,1-5H3,(H,28,29,31)/t17-/m0/s1. The fourth-order valence-electron chi connectivity index (χ4n) is 4.61. The zero-order valence-corrected chi connectivity index (χ0v) is 20.9. The number of likely N-dealkylation sites (N-methyl/N-ethyl adjacent to an activating group) is 1. The van der Waals surface area contributed by atoms with Gasteiger partial charge in [0, 0.05) is 62.9 Å². The van der Waals surface area contributed by atoms with Crippen LogP contribution >= 0.6 is 0 Å². The molecule has 0 aliphatic carbocycles. The Morgan fingerprint density at radius 2 is 1.89 bits per heavy atom. The molecule has 0 saturated carbocycles. The predicted molar refractivity (Wildman–Crippen MR) is 142 cm³/mol. The third-order valence-corrected chi connectivity index (χ3v) is 6.86. The van der Waals surface area contributed by atoms with Crippen LogP contribution in [-0.2, 0) is 7.05 Å². The highest BCUT2D eigenvalue weighted by molar-refractivity contribution is 5.85. The van der Waals surface area contributed by atoms with E-state index in [2.05, 4.69) is 79.8 Å². The number of rotatable bonds is 6. The van der Waals surface area contributed by atoms with Gasteiger partial charge in [0.05, 0.1) is 41.6 Å². The molecule has 182 valence electrons. The lowest BCUT2D eigenvalue weighted by Gasteiger charge is -2.39. The van der Waals surface area contributed by atoms with Gasteiger partial charge in [-0.25, -0.2) is 9.97 Å². The van der Waals surface area contributed by atoms with Crippen LogP contribution < -0.4 is 20.3 Å². The number of nitrogens with one attached hydrogen (secondary N) is 2. The molecular formula is C26H32N8O. The van der Waals surface area contributed by atoms with Crippen LogP contribution in [0.15, 0.2) is 48.9 Å². The first-order valence-corrected chi connectivity index (χ1v) is 11.8. The van der Waals surface area contributed by atoms with E-state index in [1.807, 2.05) is 31.0 Å². The summed E-state index contributed by atoms with van der Waals surface area (Å²) in [4.78, 5) is 13.8. The summed E-state index contributed by atoms with van der Waals surface area (Å²) in [7, 11) is 7.77. The molecule has 0 bridgehead atoms. The third-order valence-electron chi connectivity index (χ3n) is 6.86. The van der Waals surface area contributed by atoms with Crippen LogP contribution in [0.25, 0.3) is 22.2 Å². The maximum atomic E-state index is 5.78. The Morgan fingerprint density at radius 3 is 2.66 bits per heavy atom. The van der Waals surface area contributed by atoms with Crippen LogP contribution in [0.3, 0.4) is 0 Å². The highest BCUT2D eigenvalue weighted by Crippen LogP contribution is 2.39. The first-order chi connectivity index (χ1) is 17.0. The molecule has 0 spiro atoms. The molecule has 9 heteroatoms. The number of nitrogens with zero attached hydrogens (tertiary/aromatic N) is 6. The molecule has 1 fully saturated rings. The predicted octanol–water partition coefficient (Wildman–Crippen LogP) is 3.96. The quantitative estimate of drug-likeness (QED) is 0.436.